The molecule has 0 aliphatic carbocycles. The van der Waals surface area contributed by atoms with Crippen molar-refractivity contribution in [1.29, 1.82) is 0 Å². The maximum atomic E-state index is 4.64. The van der Waals surface area contributed by atoms with Gasteiger partial charge in [0.1, 0.15) is 12.6 Å². The van der Waals surface area contributed by atoms with Crippen molar-refractivity contribution in [3.8, 4) is 0 Å². The first-order valence-electron chi connectivity index (χ1n) is 5.40. The molecule has 2 nitrogen and oxygen atoms in total. The van der Waals surface area contributed by atoms with Crippen LogP contribution in [0.1, 0.15) is 5.69 Å². The second-order valence-electron chi connectivity index (χ2n) is 4.15. The molecule has 3 rings (SSSR count). The average Bonchev–Trinajstić information content (AvgIpc) is 2.29. The molecule has 0 saturated carbocycles. The lowest BCUT2D eigenvalue weighted by molar-refractivity contribution is -0.643. The van der Waals surface area contributed by atoms with Crippen LogP contribution < -0.4 is 4.57 Å². The second kappa shape index (κ2) is 3.27. The summed E-state index contributed by atoms with van der Waals surface area (Å²) >= 11 is 0. The molecule has 0 radical (unpaired) electrons. The van der Waals surface area contributed by atoms with Crippen LogP contribution in [0.4, 0.5) is 0 Å². The number of nitrogens with zero attached hydrogens (tertiary/aromatic N) is 2. The fourth-order valence-electron chi connectivity index (χ4n) is 2.14. The first kappa shape index (κ1) is 9.28. The van der Waals surface area contributed by atoms with E-state index >= 15 is 0 Å². The summed E-state index contributed by atoms with van der Waals surface area (Å²) in [5.41, 5.74) is 3.31. The van der Waals surface area contributed by atoms with Crippen LogP contribution in [0, 0.1) is 6.92 Å². The van der Waals surface area contributed by atoms with Crippen molar-refractivity contribution in [1.82, 2.24) is 4.98 Å². The molecule has 0 saturated heterocycles. The molecule has 16 heavy (non-hydrogen) atoms. The first-order chi connectivity index (χ1) is 7.75. The summed E-state index contributed by atoms with van der Waals surface area (Å²) < 4.78 is 2.13. The molecule has 0 bridgehead atoms. The molecule has 1 aromatic carbocycles. The van der Waals surface area contributed by atoms with Gasteiger partial charge in [-0.25, -0.2) is 4.98 Å². The standard InChI is InChI=1S/C14H13N2/c1-10-7-8-13-14(15-10)12-6-4-3-5-11(12)9-16(13)2/h3-9H,1-2H3/q+1. The lowest BCUT2D eigenvalue weighted by atomic mass is 10.1. The molecule has 2 heterocycles. The lowest BCUT2D eigenvalue weighted by Crippen LogP contribution is -2.28. The molecule has 0 aliphatic rings. The predicted molar refractivity (Wildman–Crippen MR) is 65.2 cm³/mol. The quantitative estimate of drug-likeness (QED) is 0.410. The smallest absolute Gasteiger partial charge is 0.231 e. The predicted octanol–water partition coefficient (Wildman–Crippen LogP) is 2.52. The van der Waals surface area contributed by atoms with E-state index in [1.165, 1.54) is 16.3 Å². The fraction of sp³-hybridized carbons (Fsp3) is 0.143. The van der Waals surface area contributed by atoms with Gasteiger partial charge in [-0.1, -0.05) is 18.2 Å². The maximum Gasteiger partial charge on any atom is 0.231 e. The van der Waals surface area contributed by atoms with Crippen molar-refractivity contribution in [3.05, 3.63) is 48.3 Å². The molecular weight excluding hydrogens is 196 g/mol. The van der Waals surface area contributed by atoms with Gasteiger partial charge in [0.2, 0.25) is 5.52 Å². The normalized spacial score (nSPS) is 11.1. The Kier molecular flexibility index (Phi) is 1.90. The first-order valence-corrected chi connectivity index (χ1v) is 5.40. The van der Waals surface area contributed by atoms with Gasteiger partial charge < -0.3 is 0 Å². The Labute approximate surface area is 94.2 Å². The third-order valence-electron chi connectivity index (χ3n) is 2.94. The summed E-state index contributed by atoms with van der Waals surface area (Å²) in [6, 6.07) is 12.6. The Morgan fingerprint density at radius 3 is 2.75 bits per heavy atom. The SMILES string of the molecule is Cc1ccc2c(n1)c1ccccc1c[n+]2C. The van der Waals surface area contributed by atoms with E-state index in [4.69, 9.17) is 0 Å². The van der Waals surface area contributed by atoms with E-state index in [9.17, 15) is 0 Å². The van der Waals surface area contributed by atoms with Crippen LogP contribution in [0.25, 0.3) is 21.8 Å². The molecular formula is C14H13N2+. The van der Waals surface area contributed by atoms with Crippen LogP contribution in [-0.4, -0.2) is 4.98 Å². The van der Waals surface area contributed by atoms with Gasteiger partial charge in [0, 0.05) is 22.5 Å². The van der Waals surface area contributed by atoms with Crippen molar-refractivity contribution >= 4 is 21.8 Å². The van der Waals surface area contributed by atoms with Crippen LogP contribution in [0.2, 0.25) is 0 Å². The van der Waals surface area contributed by atoms with Gasteiger partial charge in [-0.05, 0) is 19.1 Å². The van der Waals surface area contributed by atoms with Gasteiger partial charge >= 0.3 is 0 Å². The van der Waals surface area contributed by atoms with E-state index in [2.05, 4.69) is 59.2 Å². The van der Waals surface area contributed by atoms with Gasteiger partial charge in [-0.3, -0.25) is 0 Å². The van der Waals surface area contributed by atoms with E-state index in [1.54, 1.807) is 0 Å². The summed E-state index contributed by atoms with van der Waals surface area (Å²) in [5.74, 6) is 0. The second-order valence-corrected chi connectivity index (χ2v) is 4.15. The Hall–Kier alpha value is -1.96. The Morgan fingerprint density at radius 1 is 1.06 bits per heavy atom. The molecule has 0 N–H and O–H groups in total. The average molecular weight is 209 g/mol. The Balaban J connectivity index is 2.61. The van der Waals surface area contributed by atoms with E-state index < -0.39 is 0 Å². The largest absolute Gasteiger partial charge is 0.246 e. The number of pyridine rings is 2. The van der Waals surface area contributed by atoms with Crippen LogP contribution >= 0.6 is 0 Å². The van der Waals surface area contributed by atoms with Crippen LogP contribution in [0.3, 0.4) is 0 Å². The molecule has 78 valence electrons. The van der Waals surface area contributed by atoms with E-state index in [0.29, 0.717) is 0 Å². The topological polar surface area (TPSA) is 16.8 Å². The lowest BCUT2D eigenvalue weighted by Gasteiger charge is -2.02. The van der Waals surface area contributed by atoms with Crippen molar-refractivity contribution in [2.24, 2.45) is 7.05 Å². The van der Waals surface area contributed by atoms with Crippen molar-refractivity contribution in [2.45, 2.75) is 6.92 Å². The highest BCUT2D eigenvalue weighted by molar-refractivity contribution is 6.01. The molecule has 3 aromatic rings. The van der Waals surface area contributed by atoms with Crippen molar-refractivity contribution in [3.63, 3.8) is 0 Å². The minimum Gasteiger partial charge on any atom is -0.246 e. The number of aromatic nitrogens is 2. The summed E-state index contributed by atoms with van der Waals surface area (Å²) in [6.45, 7) is 2.03. The van der Waals surface area contributed by atoms with Gasteiger partial charge in [0.15, 0.2) is 6.20 Å². The highest BCUT2D eigenvalue weighted by atomic mass is 14.9. The van der Waals surface area contributed by atoms with Crippen LogP contribution in [0.15, 0.2) is 42.6 Å². The van der Waals surface area contributed by atoms with Gasteiger partial charge in [0.05, 0.1) is 0 Å². The van der Waals surface area contributed by atoms with Gasteiger partial charge in [-0.15, -0.1) is 0 Å². The monoisotopic (exact) mass is 209 g/mol. The minimum absolute atomic E-state index is 1.06. The number of hydrogen-bond donors (Lipinski definition) is 0. The molecule has 0 atom stereocenters. The molecule has 2 heteroatoms. The Bertz CT molecular complexity index is 687. The number of aryl methyl sites for hydroxylation is 2. The Morgan fingerprint density at radius 2 is 1.88 bits per heavy atom. The molecule has 2 aromatic heterocycles. The van der Waals surface area contributed by atoms with Gasteiger partial charge in [0.25, 0.3) is 0 Å². The summed E-state index contributed by atoms with van der Waals surface area (Å²) in [6.07, 6.45) is 2.15. The number of hydrogen-bond acceptors (Lipinski definition) is 1. The van der Waals surface area contributed by atoms with Crippen molar-refractivity contribution < 1.29 is 4.57 Å². The van der Waals surface area contributed by atoms with Crippen molar-refractivity contribution in [2.75, 3.05) is 0 Å². The molecule has 0 unspecified atom stereocenters. The van der Waals surface area contributed by atoms with E-state index in [0.717, 1.165) is 11.2 Å². The molecule has 0 amide bonds. The molecule has 0 spiro atoms. The zero-order chi connectivity index (χ0) is 11.1. The van der Waals surface area contributed by atoms with Crippen LogP contribution in [0.5, 0.6) is 0 Å². The zero-order valence-electron chi connectivity index (χ0n) is 9.44. The summed E-state index contributed by atoms with van der Waals surface area (Å²) in [5, 5.41) is 2.45. The maximum absolute atomic E-state index is 4.64. The summed E-state index contributed by atoms with van der Waals surface area (Å²) in [4.78, 5) is 4.64. The highest BCUT2D eigenvalue weighted by Gasteiger charge is 2.10. The highest BCUT2D eigenvalue weighted by Crippen LogP contribution is 2.20. The third kappa shape index (κ3) is 1.27. The van der Waals surface area contributed by atoms with E-state index in [-0.39, 0.29) is 0 Å². The minimum atomic E-state index is 1.06. The van der Waals surface area contributed by atoms with Crippen LogP contribution in [-0.2, 0) is 7.05 Å². The summed E-state index contributed by atoms with van der Waals surface area (Å²) in [7, 11) is 2.06. The van der Waals surface area contributed by atoms with E-state index in [1.807, 2.05) is 6.92 Å². The third-order valence-corrected chi connectivity index (χ3v) is 2.94. The fourth-order valence-corrected chi connectivity index (χ4v) is 2.14. The number of rotatable bonds is 0. The van der Waals surface area contributed by atoms with Gasteiger partial charge in [-0.2, -0.15) is 4.57 Å². The molecule has 0 aliphatic heterocycles. The molecule has 0 fully saturated rings. The number of fused-ring (bicyclic) bond motifs is 3. The number of benzene rings is 1. The zero-order valence-corrected chi connectivity index (χ0v) is 9.44.